The highest BCUT2D eigenvalue weighted by atomic mass is 79.9. The molecular formula is C27H17Br2N3O5. The molecule has 2 aromatic heterocycles. The fourth-order valence-corrected chi connectivity index (χ4v) is 4.94. The molecule has 0 saturated carbocycles. The maximum Gasteiger partial charge on any atom is 0.379 e. The molecule has 0 bridgehead atoms. The number of aromatic nitrogens is 2. The van der Waals surface area contributed by atoms with Crippen LogP contribution in [0.4, 0.5) is 0 Å². The Morgan fingerprint density at radius 3 is 2.57 bits per heavy atom. The Hall–Kier alpha value is -4.02. The molecular weight excluding hydrogens is 606 g/mol. The van der Waals surface area contributed by atoms with Crippen LogP contribution in [-0.2, 0) is 0 Å². The van der Waals surface area contributed by atoms with Crippen molar-refractivity contribution in [1.82, 2.24) is 9.66 Å². The van der Waals surface area contributed by atoms with Gasteiger partial charge in [-0.25, -0.2) is 9.78 Å². The van der Waals surface area contributed by atoms with Crippen LogP contribution in [0.5, 0.6) is 11.5 Å². The molecule has 184 valence electrons. The molecule has 0 radical (unpaired) electrons. The summed E-state index contributed by atoms with van der Waals surface area (Å²) >= 11 is 6.88. The van der Waals surface area contributed by atoms with Gasteiger partial charge in [-0.1, -0.05) is 28.1 Å². The van der Waals surface area contributed by atoms with Crippen molar-refractivity contribution in [1.29, 1.82) is 0 Å². The van der Waals surface area contributed by atoms with Gasteiger partial charge < -0.3 is 13.9 Å². The second-order valence-electron chi connectivity index (χ2n) is 7.72. The number of ether oxygens (including phenoxy) is 2. The molecule has 0 aliphatic rings. The number of para-hydroxylation sites is 1. The number of rotatable bonds is 6. The molecule has 37 heavy (non-hydrogen) atoms. The number of halogens is 2. The van der Waals surface area contributed by atoms with Crippen LogP contribution in [0.15, 0.2) is 102 Å². The van der Waals surface area contributed by atoms with E-state index in [4.69, 9.17) is 18.9 Å². The smallest absolute Gasteiger partial charge is 0.379 e. The summed E-state index contributed by atoms with van der Waals surface area (Å²) in [6.45, 7) is 0. The van der Waals surface area contributed by atoms with Gasteiger partial charge in [-0.2, -0.15) is 9.78 Å². The van der Waals surface area contributed by atoms with E-state index in [0.717, 1.165) is 0 Å². The van der Waals surface area contributed by atoms with Gasteiger partial charge in [0.25, 0.3) is 5.56 Å². The van der Waals surface area contributed by atoms with E-state index in [1.165, 1.54) is 23.2 Å². The van der Waals surface area contributed by atoms with Crippen LogP contribution in [0.25, 0.3) is 22.3 Å². The molecule has 0 fully saturated rings. The van der Waals surface area contributed by atoms with E-state index < -0.39 is 5.97 Å². The fourth-order valence-electron chi connectivity index (χ4n) is 3.60. The Balaban J connectivity index is 1.64. The Morgan fingerprint density at radius 2 is 1.84 bits per heavy atom. The average molecular weight is 623 g/mol. The predicted octanol–water partition coefficient (Wildman–Crippen LogP) is 6.29. The summed E-state index contributed by atoms with van der Waals surface area (Å²) in [7, 11) is 1.58. The Kier molecular flexibility index (Phi) is 7.02. The number of methoxy groups -OCH3 is 1. The van der Waals surface area contributed by atoms with Gasteiger partial charge in [-0.15, -0.1) is 0 Å². The lowest BCUT2D eigenvalue weighted by Crippen LogP contribution is -2.20. The van der Waals surface area contributed by atoms with Crippen molar-refractivity contribution >= 4 is 54.9 Å². The van der Waals surface area contributed by atoms with Gasteiger partial charge >= 0.3 is 5.97 Å². The van der Waals surface area contributed by atoms with Gasteiger partial charge in [0.2, 0.25) is 5.76 Å². The summed E-state index contributed by atoms with van der Waals surface area (Å²) in [5.74, 6) is 0.594. The largest absolute Gasteiger partial charge is 0.497 e. The Bertz CT molecular complexity index is 1690. The average Bonchev–Trinajstić information content (AvgIpc) is 3.45. The van der Waals surface area contributed by atoms with Crippen LogP contribution >= 0.6 is 31.9 Å². The van der Waals surface area contributed by atoms with Crippen LogP contribution in [-0.4, -0.2) is 29.0 Å². The molecule has 0 N–H and O–H groups in total. The van der Waals surface area contributed by atoms with Gasteiger partial charge in [0, 0.05) is 15.6 Å². The van der Waals surface area contributed by atoms with E-state index in [1.807, 2.05) is 6.07 Å². The molecule has 0 spiro atoms. The van der Waals surface area contributed by atoms with Crippen molar-refractivity contribution in [3.63, 3.8) is 0 Å². The zero-order chi connectivity index (χ0) is 25.9. The normalized spacial score (nSPS) is 11.2. The third-order valence-corrected chi connectivity index (χ3v) is 6.42. The first-order chi connectivity index (χ1) is 17.9. The molecule has 3 aromatic carbocycles. The van der Waals surface area contributed by atoms with E-state index in [-0.39, 0.29) is 17.1 Å². The van der Waals surface area contributed by atoms with Crippen LogP contribution < -0.4 is 15.0 Å². The number of hydrogen-bond donors (Lipinski definition) is 0. The summed E-state index contributed by atoms with van der Waals surface area (Å²) in [4.78, 5) is 30.8. The maximum absolute atomic E-state index is 13.5. The standard InChI is InChI=1S/C27H17Br2N3O5/c1-35-19-10-8-16(9-11-19)25-31-22-6-3-2-5-20(22)26(33)32(25)30-15-17-13-18(28)14-21(29)24(17)37-27(34)23-7-4-12-36-23/h2-15H,1H3. The molecule has 5 aromatic rings. The SMILES string of the molecule is COc1ccc(-c2nc3ccccc3c(=O)n2N=Cc2cc(Br)cc(Br)c2OC(=O)c2ccco2)cc1. The number of furan rings is 1. The lowest BCUT2D eigenvalue weighted by atomic mass is 10.2. The molecule has 0 amide bonds. The zero-order valence-corrected chi connectivity index (χ0v) is 22.4. The highest BCUT2D eigenvalue weighted by molar-refractivity contribution is 9.11. The first-order valence-corrected chi connectivity index (χ1v) is 12.5. The minimum atomic E-state index is -0.675. The second kappa shape index (κ2) is 10.5. The lowest BCUT2D eigenvalue weighted by Gasteiger charge is -2.12. The molecule has 0 aliphatic carbocycles. The number of esters is 1. The van der Waals surface area contributed by atoms with Crippen LogP contribution in [0.3, 0.4) is 0 Å². The van der Waals surface area contributed by atoms with Crippen molar-refractivity contribution < 1.29 is 18.7 Å². The predicted molar refractivity (Wildman–Crippen MR) is 146 cm³/mol. The van der Waals surface area contributed by atoms with Crippen LogP contribution in [0.1, 0.15) is 16.1 Å². The number of carbonyl (C=O) groups excluding carboxylic acids is 1. The van der Waals surface area contributed by atoms with Gasteiger partial charge in [-0.05, 0) is 76.6 Å². The number of fused-ring (bicyclic) bond motifs is 1. The fraction of sp³-hybridized carbons (Fsp3) is 0.0370. The third kappa shape index (κ3) is 5.11. The first-order valence-electron chi connectivity index (χ1n) is 10.9. The first kappa shape index (κ1) is 24.7. The number of hydrogen-bond acceptors (Lipinski definition) is 7. The van der Waals surface area contributed by atoms with Crippen molar-refractivity contribution in [2.24, 2.45) is 5.10 Å². The van der Waals surface area contributed by atoms with Gasteiger partial charge in [0.15, 0.2) is 11.6 Å². The van der Waals surface area contributed by atoms with Crippen LogP contribution in [0.2, 0.25) is 0 Å². The van der Waals surface area contributed by atoms with Gasteiger partial charge in [0.1, 0.15) is 5.75 Å². The second-order valence-corrected chi connectivity index (χ2v) is 9.49. The molecule has 0 saturated heterocycles. The minimum Gasteiger partial charge on any atom is -0.497 e. The topological polar surface area (TPSA) is 95.9 Å². The zero-order valence-electron chi connectivity index (χ0n) is 19.2. The van der Waals surface area contributed by atoms with Crippen molar-refractivity contribution in [3.05, 3.63) is 110 Å². The molecule has 5 rings (SSSR count). The Labute approximate surface area is 227 Å². The monoisotopic (exact) mass is 621 g/mol. The van der Waals surface area contributed by atoms with Gasteiger partial charge in [0.05, 0.1) is 35.0 Å². The molecule has 0 aliphatic heterocycles. The molecule has 0 atom stereocenters. The van der Waals surface area contributed by atoms with E-state index in [1.54, 1.807) is 67.8 Å². The quantitative estimate of drug-likeness (QED) is 0.125. The molecule has 2 heterocycles. The molecule has 10 heteroatoms. The molecule has 0 unspecified atom stereocenters. The summed E-state index contributed by atoms with van der Waals surface area (Å²) in [5, 5.41) is 4.90. The van der Waals surface area contributed by atoms with Crippen molar-refractivity contribution in [3.8, 4) is 22.9 Å². The highest BCUT2D eigenvalue weighted by Crippen LogP contribution is 2.33. The van der Waals surface area contributed by atoms with Crippen molar-refractivity contribution in [2.75, 3.05) is 7.11 Å². The van der Waals surface area contributed by atoms with Crippen LogP contribution in [0, 0.1) is 0 Å². The minimum absolute atomic E-state index is 0.0504. The number of nitrogens with zero attached hydrogens (tertiary/aromatic N) is 3. The third-order valence-electron chi connectivity index (χ3n) is 5.37. The number of carbonyl (C=O) groups is 1. The highest BCUT2D eigenvalue weighted by Gasteiger charge is 2.18. The van der Waals surface area contributed by atoms with E-state index in [0.29, 0.717) is 42.5 Å². The number of benzene rings is 3. The summed E-state index contributed by atoms with van der Waals surface area (Å²) in [5.41, 5.74) is 1.29. The summed E-state index contributed by atoms with van der Waals surface area (Å²) in [6.07, 6.45) is 2.82. The maximum atomic E-state index is 13.5. The Morgan fingerprint density at radius 1 is 1.05 bits per heavy atom. The summed E-state index contributed by atoms with van der Waals surface area (Å²) in [6, 6.07) is 20.8. The molecule has 8 nitrogen and oxygen atoms in total. The van der Waals surface area contributed by atoms with E-state index in [9.17, 15) is 9.59 Å². The lowest BCUT2D eigenvalue weighted by molar-refractivity contribution is 0.0700. The van der Waals surface area contributed by atoms with Crippen molar-refractivity contribution in [2.45, 2.75) is 0 Å². The van der Waals surface area contributed by atoms with E-state index >= 15 is 0 Å². The van der Waals surface area contributed by atoms with Gasteiger partial charge in [-0.3, -0.25) is 4.79 Å². The van der Waals surface area contributed by atoms with E-state index in [2.05, 4.69) is 37.0 Å². The summed E-state index contributed by atoms with van der Waals surface area (Å²) < 4.78 is 18.4.